The van der Waals surface area contributed by atoms with Crippen LogP contribution >= 0.6 is 11.3 Å². The Hall–Kier alpha value is -3.17. The molecule has 0 unspecified atom stereocenters. The highest BCUT2D eigenvalue weighted by molar-refractivity contribution is 7.94. The third-order valence-electron chi connectivity index (χ3n) is 5.22. The molecule has 1 aromatic heterocycles. The number of carbonyl (C=O) groups is 2. The molecule has 9 heteroatoms. The van der Waals surface area contributed by atoms with Gasteiger partial charge in [0.05, 0.1) is 6.42 Å². The number of rotatable bonds is 9. The Bertz CT molecular complexity index is 1200. The Balaban J connectivity index is 1.40. The molecule has 2 amide bonds. The Labute approximate surface area is 190 Å². The van der Waals surface area contributed by atoms with Crippen molar-refractivity contribution in [3.8, 4) is 0 Å². The normalized spacial score (nSPS) is 13.5. The molecule has 1 fully saturated rings. The maximum atomic E-state index is 13.0. The number of nitrogens with two attached hydrogens (primary N) is 1. The predicted octanol–water partition coefficient (Wildman–Crippen LogP) is 3.38. The highest BCUT2D eigenvalue weighted by Crippen LogP contribution is 2.29. The molecule has 166 valence electrons. The number of benzene rings is 2. The van der Waals surface area contributed by atoms with Crippen LogP contribution in [-0.2, 0) is 27.8 Å². The van der Waals surface area contributed by atoms with Crippen LogP contribution in [0.15, 0.2) is 70.3 Å². The fourth-order valence-corrected chi connectivity index (χ4v) is 5.42. The number of amides is 2. The van der Waals surface area contributed by atoms with Gasteiger partial charge < -0.3 is 10.6 Å². The first-order chi connectivity index (χ1) is 15.3. The van der Waals surface area contributed by atoms with E-state index in [0.717, 1.165) is 35.3 Å². The topological polar surface area (TPSA) is 110 Å². The minimum atomic E-state index is -3.60. The number of hydrogen-bond acceptors (Lipinski definition) is 5. The van der Waals surface area contributed by atoms with Gasteiger partial charge in [0, 0.05) is 23.8 Å². The lowest BCUT2D eigenvalue weighted by molar-refractivity contribution is -0.131. The summed E-state index contributed by atoms with van der Waals surface area (Å²) in [4.78, 5) is 26.1. The first kappa shape index (κ1) is 22.0. The van der Waals surface area contributed by atoms with Crippen LogP contribution in [0.25, 0.3) is 0 Å². The average Bonchev–Trinajstić information content (AvgIpc) is 3.44. The molecule has 2 aromatic carbocycles. The van der Waals surface area contributed by atoms with Gasteiger partial charge in [0.25, 0.3) is 10.0 Å². The smallest absolute Gasteiger partial charge is 0.271 e. The van der Waals surface area contributed by atoms with Crippen LogP contribution in [0, 0.1) is 0 Å². The van der Waals surface area contributed by atoms with E-state index in [-0.39, 0.29) is 22.6 Å². The van der Waals surface area contributed by atoms with Crippen LogP contribution in [0.1, 0.15) is 34.3 Å². The Kier molecular flexibility index (Phi) is 6.29. The van der Waals surface area contributed by atoms with Gasteiger partial charge in [-0.1, -0.05) is 30.3 Å². The molecule has 0 spiro atoms. The molecule has 3 N–H and O–H groups in total. The van der Waals surface area contributed by atoms with Gasteiger partial charge in [-0.05, 0) is 59.7 Å². The summed E-state index contributed by atoms with van der Waals surface area (Å²) >= 11 is 1.15. The van der Waals surface area contributed by atoms with Gasteiger partial charge in [0.2, 0.25) is 11.8 Å². The molecule has 1 heterocycles. The minimum absolute atomic E-state index is 0.0124. The summed E-state index contributed by atoms with van der Waals surface area (Å²) < 4.78 is 27.5. The van der Waals surface area contributed by atoms with Gasteiger partial charge in [-0.2, -0.15) is 0 Å². The third-order valence-corrected chi connectivity index (χ3v) is 8.00. The molecule has 7 nitrogen and oxygen atoms in total. The zero-order chi connectivity index (χ0) is 22.7. The lowest BCUT2D eigenvalue weighted by Crippen LogP contribution is -2.33. The molecule has 0 bridgehead atoms. The summed E-state index contributed by atoms with van der Waals surface area (Å²) in [7, 11) is -3.60. The number of thiophene rings is 1. The van der Waals surface area contributed by atoms with Crippen molar-refractivity contribution in [3.05, 3.63) is 82.7 Å². The lowest BCUT2D eigenvalue weighted by Gasteiger charge is -2.23. The van der Waals surface area contributed by atoms with Crippen molar-refractivity contribution in [3.63, 3.8) is 0 Å². The van der Waals surface area contributed by atoms with E-state index in [1.807, 2.05) is 17.0 Å². The first-order valence-corrected chi connectivity index (χ1v) is 12.5. The van der Waals surface area contributed by atoms with Crippen LogP contribution in [-0.4, -0.2) is 31.2 Å². The number of hydrogen-bond donors (Lipinski definition) is 2. The van der Waals surface area contributed by atoms with E-state index in [0.29, 0.717) is 17.8 Å². The van der Waals surface area contributed by atoms with Crippen molar-refractivity contribution in [2.45, 2.75) is 36.1 Å². The standard InChI is InChI=1S/C23H23N3O4S2/c24-23(28)18-7-3-17(4-8-18)15-26(20-11-12-20)21(27)14-16-5-9-19(10-6-16)25-32(29,30)22-2-1-13-31-22/h1-10,13,20,25H,11-12,14-15H2,(H2,24,28). The van der Waals surface area contributed by atoms with Gasteiger partial charge in [-0.25, -0.2) is 8.42 Å². The van der Waals surface area contributed by atoms with Crippen LogP contribution in [0.4, 0.5) is 5.69 Å². The molecule has 32 heavy (non-hydrogen) atoms. The Morgan fingerprint density at radius 3 is 2.22 bits per heavy atom. The summed E-state index contributed by atoms with van der Waals surface area (Å²) in [6.07, 6.45) is 2.19. The maximum Gasteiger partial charge on any atom is 0.271 e. The highest BCUT2D eigenvalue weighted by atomic mass is 32.2. The van der Waals surface area contributed by atoms with E-state index in [4.69, 9.17) is 5.73 Å². The van der Waals surface area contributed by atoms with Gasteiger partial charge in [-0.15, -0.1) is 11.3 Å². The molecule has 4 rings (SSSR count). The third kappa shape index (κ3) is 5.35. The summed E-state index contributed by atoms with van der Waals surface area (Å²) in [5, 5.41) is 1.71. The van der Waals surface area contributed by atoms with Gasteiger partial charge in [0.15, 0.2) is 0 Å². The van der Waals surface area contributed by atoms with Gasteiger partial charge >= 0.3 is 0 Å². The molecular weight excluding hydrogens is 446 g/mol. The second kappa shape index (κ2) is 9.13. The Morgan fingerprint density at radius 2 is 1.66 bits per heavy atom. The number of sulfonamides is 1. The van der Waals surface area contributed by atoms with Crippen molar-refractivity contribution in [1.29, 1.82) is 0 Å². The molecular formula is C23H23N3O4S2. The number of primary amides is 1. The van der Waals surface area contributed by atoms with Crippen LogP contribution in [0.3, 0.4) is 0 Å². The summed E-state index contributed by atoms with van der Waals surface area (Å²) in [5.74, 6) is -0.466. The summed E-state index contributed by atoms with van der Waals surface area (Å²) in [6.45, 7) is 0.473. The van der Waals surface area contributed by atoms with Crippen molar-refractivity contribution in [2.24, 2.45) is 5.73 Å². The fraction of sp³-hybridized carbons (Fsp3) is 0.217. The lowest BCUT2D eigenvalue weighted by atomic mass is 10.1. The van der Waals surface area contributed by atoms with E-state index in [1.165, 1.54) is 0 Å². The van der Waals surface area contributed by atoms with Crippen LogP contribution in [0.2, 0.25) is 0 Å². The number of anilines is 1. The number of nitrogens with zero attached hydrogens (tertiary/aromatic N) is 1. The van der Waals surface area contributed by atoms with Crippen LogP contribution < -0.4 is 10.5 Å². The van der Waals surface area contributed by atoms with Crippen molar-refractivity contribution in [2.75, 3.05) is 4.72 Å². The predicted molar refractivity (Wildman–Crippen MR) is 124 cm³/mol. The monoisotopic (exact) mass is 469 g/mol. The minimum Gasteiger partial charge on any atom is -0.366 e. The molecule has 1 aliphatic rings. The average molecular weight is 470 g/mol. The molecule has 3 aromatic rings. The van der Waals surface area contributed by atoms with E-state index >= 15 is 0 Å². The fourth-order valence-electron chi connectivity index (χ4n) is 3.37. The number of nitrogens with one attached hydrogen (secondary N) is 1. The van der Waals surface area contributed by atoms with E-state index in [2.05, 4.69) is 4.72 Å². The molecule has 1 saturated carbocycles. The molecule has 0 radical (unpaired) electrons. The van der Waals surface area contributed by atoms with Crippen molar-refractivity contribution in [1.82, 2.24) is 4.90 Å². The second-order valence-corrected chi connectivity index (χ2v) is 10.6. The van der Waals surface area contributed by atoms with Crippen molar-refractivity contribution >= 4 is 38.9 Å². The second-order valence-electron chi connectivity index (χ2n) is 7.73. The van der Waals surface area contributed by atoms with Crippen LogP contribution in [0.5, 0.6) is 0 Å². The zero-order valence-electron chi connectivity index (χ0n) is 17.2. The number of carbonyl (C=O) groups excluding carboxylic acids is 2. The van der Waals surface area contributed by atoms with E-state index in [9.17, 15) is 18.0 Å². The van der Waals surface area contributed by atoms with E-state index < -0.39 is 15.9 Å². The Morgan fingerprint density at radius 1 is 1.00 bits per heavy atom. The van der Waals surface area contributed by atoms with E-state index in [1.54, 1.807) is 53.9 Å². The van der Waals surface area contributed by atoms with Gasteiger partial charge in [0.1, 0.15) is 4.21 Å². The molecule has 1 aliphatic carbocycles. The molecule has 0 aliphatic heterocycles. The maximum absolute atomic E-state index is 13.0. The largest absolute Gasteiger partial charge is 0.366 e. The quantitative estimate of drug-likeness (QED) is 0.501. The highest BCUT2D eigenvalue weighted by Gasteiger charge is 2.32. The molecule has 0 saturated heterocycles. The summed E-state index contributed by atoms with van der Waals surface area (Å²) in [5.41, 5.74) is 7.92. The molecule has 0 atom stereocenters. The SMILES string of the molecule is NC(=O)c1ccc(CN(C(=O)Cc2ccc(NS(=O)(=O)c3cccs3)cc2)C2CC2)cc1. The van der Waals surface area contributed by atoms with Crippen molar-refractivity contribution < 1.29 is 18.0 Å². The summed E-state index contributed by atoms with van der Waals surface area (Å²) in [6, 6.07) is 17.3. The van der Waals surface area contributed by atoms with Gasteiger partial charge in [-0.3, -0.25) is 14.3 Å². The first-order valence-electron chi connectivity index (χ1n) is 10.2. The zero-order valence-corrected chi connectivity index (χ0v) is 18.9.